The van der Waals surface area contributed by atoms with Crippen molar-refractivity contribution in [2.75, 3.05) is 0 Å². The Kier molecular flexibility index (Phi) is 3.17. The van der Waals surface area contributed by atoms with Crippen molar-refractivity contribution >= 4 is 11.6 Å². The molecule has 2 heterocycles. The number of rotatable bonds is 2. The van der Waals surface area contributed by atoms with E-state index < -0.39 is 0 Å². The van der Waals surface area contributed by atoms with Gasteiger partial charge < -0.3 is 5.73 Å². The second kappa shape index (κ2) is 4.47. The molecule has 2 N–H and O–H groups in total. The van der Waals surface area contributed by atoms with E-state index in [-0.39, 0.29) is 0 Å². The molecule has 0 bridgehead atoms. The van der Waals surface area contributed by atoms with E-state index in [4.69, 9.17) is 17.3 Å². The molecule has 0 amide bonds. The van der Waals surface area contributed by atoms with Crippen LogP contribution in [-0.4, -0.2) is 14.8 Å². The summed E-state index contributed by atoms with van der Waals surface area (Å²) in [5.41, 5.74) is 9.56. The standard InChI is InChI=1S/C12H15ClN4/c1-7-4-5-15-12(10(7)6-14)17-9(3)11(13)8(2)16-17/h4-5H,6,14H2,1-3H3. The summed E-state index contributed by atoms with van der Waals surface area (Å²) < 4.78 is 1.76. The largest absolute Gasteiger partial charge is 0.326 e. The van der Waals surface area contributed by atoms with E-state index in [0.29, 0.717) is 11.6 Å². The Balaban J connectivity index is 2.68. The molecule has 0 radical (unpaired) electrons. The zero-order chi connectivity index (χ0) is 12.6. The lowest BCUT2D eigenvalue weighted by molar-refractivity contribution is 0.785. The molecule has 2 aromatic rings. The summed E-state index contributed by atoms with van der Waals surface area (Å²) in [7, 11) is 0. The average Bonchev–Trinajstić information content (AvgIpc) is 2.56. The molecule has 0 atom stereocenters. The molecule has 0 saturated heterocycles. The summed E-state index contributed by atoms with van der Waals surface area (Å²) in [5.74, 6) is 0.764. The Morgan fingerprint density at radius 1 is 1.35 bits per heavy atom. The van der Waals surface area contributed by atoms with Crippen molar-refractivity contribution in [3.8, 4) is 5.82 Å². The lowest BCUT2D eigenvalue weighted by Gasteiger charge is -2.10. The van der Waals surface area contributed by atoms with Gasteiger partial charge in [-0.2, -0.15) is 5.10 Å². The van der Waals surface area contributed by atoms with E-state index in [1.54, 1.807) is 10.9 Å². The van der Waals surface area contributed by atoms with E-state index in [0.717, 1.165) is 28.3 Å². The third kappa shape index (κ3) is 1.94. The van der Waals surface area contributed by atoms with Crippen LogP contribution in [0.5, 0.6) is 0 Å². The second-order valence-electron chi connectivity index (χ2n) is 4.03. The van der Waals surface area contributed by atoms with Crippen molar-refractivity contribution in [2.45, 2.75) is 27.3 Å². The zero-order valence-electron chi connectivity index (χ0n) is 10.2. The smallest absolute Gasteiger partial charge is 0.158 e. The van der Waals surface area contributed by atoms with E-state index in [9.17, 15) is 0 Å². The van der Waals surface area contributed by atoms with Crippen molar-refractivity contribution in [1.82, 2.24) is 14.8 Å². The topological polar surface area (TPSA) is 56.7 Å². The Hall–Kier alpha value is -1.39. The molecule has 0 aromatic carbocycles. The highest BCUT2D eigenvalue weighted by Crippen LogP contribution is 2.23. The molecular weight excluding hydrogens is 236 g/mol. The summed E-state index contributed by atoms with van der Waals surface area (Å²) >= 11 is 6.14. The number of pyridine rings is 1. The summed E-state index contributed by atoms with van der Waals surface area (Å²) in [6.07, 6.45) is 1.76. The van der Waals surface area contributed by atoms with Gasteiger partial charge in [-0.15, -0.1) is 0 Å². The number of aromatic nitrogens is 3. The van der Waals surface area contributed by atoms with Gasteiger partial charge in [-0.25, -0.2) is 9.67 Å². The zero-order valence-corrected chi connectivity index (χ0v) is 10.9. The number of hydrogen-bond acceptors (Lipinski definition) is 3. The fourth-order valence-electron chi connectivity index (χ4n) is 1.84. The van der Waals surface area contributed by atoms with E-state index in [1.807, 2.05) is 26.8 Å². The second-order valence-corrected chi connectivity index (χ2v) is 4.41. The van der Waals surface area contributed by atoms with Crippen LogP contribution in [0.1, 0.15) is 22.5 Å². The minimum atomic E-state index is 0.435. The third-order valence-corrected chi connectivity index (χ3v) is 3.42. The predicted octanol–water partition coefficient (Wildman–Crippen LogP) is 2.30. The van der Waals surface area contributed by atoms with Crippen LogP contribution in [0.25, 0.3) is 5.82 Å². The van der Waals surface area contributed by atoms with Crippen LogP contribution >= 0.6 is 11.6 Å². The number of hydrogen-bond donors (Lipinski definition) is 1. The first-order valence-electron chi connectivity index (χ1n) is 5.43. The molecule has 4 nitrogen and oxygen atoms in total. The molecule has 2 rings (SSSR count). The van der Waals surface area contributed by atoms with Gasteiger partial charge in [-0.1, -0.05) is 11.6 Å². The Bertz CT molecular complexity index is 560. The maximum atomic E-state index is 6.14. The number of halogens is 1. The van der Waals surface area contributed by atoms with Gasteiger partial charge in [-0.3, -0.25) is 0 Å². The van der Waals surface area contributed by atoms with Gasteiger partial charge in [0.2, 0.25) is 0 Å². The van der Waals surface area contributed by atoms with Crippen LogP contribution in [0.2, 0.25) is 5.02 Å². The van der Waals surface area contributed by atoms with Gasteiger partial charge in [0.05, 0.1) is 16.4 Å². The Morgan fingerprint density at radius 2 is 2.06 bits per heavy atom. The van der Waals surface area contributed by atoms with Crippen molar-refractivity contribution in [3.63, 3.8) is 0 Å². The van der Waals surface area contributed by atoms with Gasteiger partial charge in [0.15, 0.2) is 5.82 Å². The maximum Gasteiger partial charge on any atom is 0.158 e. The van der Waals surface area contributed by atoms with E-state index in [1.165, 1.54) is 0 Å². The summed E-state index contributed by atoms with van der Waals surface area (Å²) in [6, 6.07) is 1.94. The molecule has 17 heavy (non-hydrogen) atoms. The maximum absolute atomic E-state index is 6.14. The minimum absolute atomic E-state index is 0.435. The van der Waals surface area contributed by atoms with Crippen molar-refractivity contribution in [2.24, 2.45) is 5.73 Å². The Morgan fingerprint density at radius 3 is 2.59 bits per heavy atom. The monoisotopic (exact) mass is 250 g/mol. The molecule has 0 aliphatic carbocycles. The molecule has 0 unspecified atom stereocenters. The van der Waals surface area contributed by atoms with Crippen LogP contribution in [-0.2, 0) is 6.54 Å². The SMILES string of the molecule is Cc1ccnc(-n2nc(C)c(Cl)c2C)c1CN. The van der Waals surface area contributed by atoms with Crippen LogP contribution in [0, 0.1) is 20.8 Å². The Labute approximate surface area is 105 Å². The van der Waals surface area contributed by atoms with Gasteiger partial charge in [0, 0.05) is 18.3 Å². The molecule has 5 heteroatoms. The fourth-order valence-corrected chi connectivity index (χ4v) is 1.96. The van der Waals surface area contributed by atoms with E-state index >= 15 is 0 Å². The molecule has 0 fully saturated rings. The summed E-state index contributed by atoms with van der Waals surface area (Å²) in [6.45, 7) is 6.25. The third-order valence-electron chi connectivity index (χ3n) is 2.88. The van der Waals surface area contributed by atoms with Gasteiger partial charge in [0.1, 0.15) is 0 Å². The van der Waals surface area contributed by atoms with Crippen LogP contribution in [0.4, 0.5) is 0 Å². The normalized spacial score (nSPS) is 10.9. The first kappa shape index (κ1) is 12.1. The highest BCUT2D eigenvalue weighted by molar-refractivity contribution is 6.31. The molecule has 90 valence electrons. The molecule has 0 saturated carbocycles. The first-order valence-corrected chi connectivity index (χ1v) is 5.80. The minimum Gasteiger partial charge on any atom is -0.326 e. The first-order chi connectivity index (χ1) is 8.06. The number of aryl methyl sites for hydroxylation is 2. The summed E-state index contributed by atoms with van der Waals surface area (Å²) in [4.78, 5) is 4.36. The van der Waals surface area contributed by atoms with Crippen LogP contribution < -0.4 is 5.73 Å². The van der Waals surface area contributed by atoms with Crippen molar-refractivity contribution in [3.05, 3.63) is 39.8 Å². The van der Waals surface area contributed by atoms with Crippen LogP contribution in [0.3, 0.4) is 0 Å². The lowest BCUT2D eigenvalue weighted by Crippen LogP contribution is -2.10. The molecule has 0 spiro atoms. The molecular formula is C12H15ClN4. The predicted molar refractivity (Wildman–Crippen MR) is 68.5 cm³/mol. The fraction of sp³-hybridized carbons (Fsp3) is 0.333. The average molecular weight is 251 g/mol. The van der Waals surface area contributed by atoms with Gasteiger partial charge in [0.25, 0.3) is 0 Å². The summed E-state index contributed by atoms with van der Waals surface area (Å²) in [5, 5.41) is 5.07. The highest BCUT2D eigenvalue weighted by Gasteiger charge is 2.15. The lowest BCUT2D eigenvalue weighted by atomic mass is 10.1. The number of nitrogens with two attached hydrogens (primary N) is 1. The van der Waals surface area contributed by atoms with E-state index in [2.05, 4.69) is 10.1 Å². The van der Waals surface area contributed by atoms with Gasteiger partial charge >= 0.3 is 0 Å². The van der Waals surface area contributed by atoms with Crippen molar-refractivity contribution in [1.29, 1.82) is 0 Å². The molecule has 0 aliphatic heterocycles. The molecule has 2 aromatic heterocycles. The highest BCUT2D eigenvalue weighted by atomic mass is 35.5. The van der Waals surface area contributed by atoms with Gasteiger partial charge in [-0.05, 0) is 32.4 Å². The number of nitrogens with zero attached hydrogens (tertiary/aromatic N) is 3. The van der Waals surface area contributed by atoms with Crippen LogP contribution in [0.15, 0.2) is 12.3 Å². The van der Waals surface area contributed by atoms with Crippen molar-refractivity contribution < 1.29 is 0 Å². The quantitative estimate of drug-likeness (QED) is 0.890. The molecule has 0 aliphatic rings.